The zero-order chi connectivity index (χ0) is 23.3. The van der Waals surface area contributed by atoms with Crippen LogP contribution in [0.2, 0.25) is 0 Å². The third-order valence-electron chi connectivity index (χ3n) is 5.58. The van der Waals surface area contributed by atoms with Crippen LogP contribution in [0.3, 0.4) is 0 Å². The van der Waals surface area contributed by atoms with Gasteiger partial charge in [0.05, 0.1) is 12.7 Å². The molecule has 0 saturated carbocycles. The molecule has 0 aliphatic heterocycles. The first-order valence-electron chi connectivity index (χ1n) is 11.3. The van der Waals surface area contributed by atoms with Gasteiger partial charge in [0, 0.05) is 24.0 Å². The van der Waals surface area contributed by atoms with Crippen molar-refractivity contribution in [1.82, 2.24) is 0 Å². The highest BCUT2D eigenvalue weighted by Gasteiger charge is 2.22. The van der Waals surface area contributed by atoms with E-state index in [9.17, 15) is 4.79 Å². The van der Waals surface area contributed by atoms with Crippen LogP contribution in [-0.4, -0.2) is 25.7 Å². The summed E-state index contributed by atoms with van der Waals surface area (Å²) in [6, 6.07) is 19.2. The van der Waals surface area contributed by atoms with Crippen LogP contribution in [0, 0.1) is 13.8 Å². The molecule has 0 fully saturated rings. The van der Waals surface area contributed by atoms with Gasteiger partial charge in [0.2, 0.25) is 0 Å². The van der Waals surface area contributed by atoms with E-state index in [-0.39, 0.29) is 5.97 Å². The Labute approximate surface area is 192 Å². The number of nitrogens with one attached hydrogen (secondary N) is 2. The number of ether oxygens (including phenoxy) is 1. The average molecular weight is 431 g/mol. The molecule has 3 aromatic rings. The molecular weight excluding hydrogens is 396 g/mol. The van der Waals surface area contributed by atoms with E-state index in [1.54, 1.807) is 0 Å². The van der Waals surface area contributed by atoms with Crippen molar-refractivity contribution >= 4 is 17.3 Å². The number of benzene rings is 3. The quantitative estimate of drug-likeness (QED) is 0.375. The van der Waals surface area contributed by atoms with Gasteiger partial charge in [0.15, 0.2) is 0 Å². The normalized spacial score (nSPS) is 10.8. The van der Waals surface area contributed by atoms with Gasteiger partial charge >= 0.3 is 5.97 Å². The second-order valence-corrected chi connectivity index (χ2v) is 8.49. The van der Waals surface area contributed by atoms with Gasteiger partial charge in [-0.1, -0.05) is 37.3 Å². The molecule has 3 aromatic carbocycles. The van der Waals surface area contributed by atoms with Crippen molar-refractivity contribution in [2.24, 2.45) is 0 Å². The Kier molecular flexibility index (Phi) is 7.57. The molecular formula is C28H34N2O2. The average Bonchev–Trinajstić information content (AvgIpc) is 2.79. The lowest BCUT2D eigenvalue weighted by atomic mass is 9.86. The fourth-order valence-electron chi connectivity index (χ4n) is 4.05. The Morgan fingerprint density at radius 2 is 1.53 bits per heavy atom. The van der Waals surface area contributed by atoms with Crippen LogP contribution in [0.15, 0.2) is 54.6 Å². The molecule has 0 amide bonds. The van der Waals surface area contributed by atoms with Gasteiger partial charge in [-0.15, -0.1) is 0 Å². The maximum atomic E-state index is 12.9. The molecule has 3 rings (SSSR count). The Morgan fingerprint density at radius 1 is 0.938 bits per heavy atom. The van der Waals surface area contributed by atoms with Crippen LogP contribution in [0.5, 0.6) is 0 Å². The Balaban J connectivity index is 2.08. The van der Waals surface area contributed by atoms with Gasteiger partial charge in [0.1, 0.15) is 0 Å². The molecule has 4 nitrogen and oxygen atoms in total. The molecule has 0 atom stereocenters. The summed E-state index contributed by atoms with van der Waals surface area (Å²) in [6.07, 6.45) is 1.08. The largest absolute Gasteiger partial charge is 0.465 e. The topological polar surface area (TPSA) is 50.4 Å². The maximum absolute atomic E-state index is 12.9. The second kappa shape index (κ2) is 10.4. The molecule has 0 bridgehead atoms. The molecule has 0 aliphatic rings. The lowest BCUT2D eigenvalue weighted by Crippen LogP contribution is -2.10. The highest BCUT2D eigenvalue weighted by molar-refractivity contribution is 6.02. The highest BCUT2D eigenvalue weighted by Crippen LogP contribution is 2.37. The van der Waals surface area contributed by atoms with Gasteiger partial charge in [-0.25, -0.2) is 4.79 Å². The van der Waals surface area contributed by atoms with E-state index in [1.165, 1.54) is 7.11 Å². The summed E-state index contributed by atoms with van der Waals surface area (Å²) in [7, 11) is 1.44. The minimum absolute atomic E-state index is 0.312. The number of carbonyl (C=O) groups is 1. The third kappa shape index (κ3) is 5.13. The lowest BCUT2D eigenvalue weighted by Gasteiger charge is -2.19. The fraction of sp³-hybridized carbons (Fsp3) is 0.321. The van der Waals surface area contributed by atoms with Crippen molar-refractivity contribution in [2.75, 3.05) is 24.3 Å². The van der Waals surface area contributed by atoms with Crippen molar-refractivity contribution in [1.29, 1.82) is 0 Å². The summed E-state index contributed by atoms with van der Waals surface area (Å²) >= 11 is 0. The molecule has 0 aromatic heterocycles. The second-order valence-electron chi connectivity index (χ2n) is 8.49. The molecule has 0 unspecified atom stereocenters. The number of hydrogen-bond donors (Lipinski definition) is 2. The van der Waals surface area contributed by atoms with E-state index in [0.717, 1.165) is 57.7 Å². The Morgan fingerprint density at radius 3 is 2.09 bits per heavy atom. The number of methoxy groups -OCH3 is 1. The predicted molar refractivity (Wildman–Crippen MR) is 136 cm³/mol. The third-order valence-corrected chi connectivity index (χ3v) is 5.58. The van der Waals surface area contributed by atoms with Crippen molar-refractivity contribution in [3.63, 3.8) is 0 Å². The van der Waals surface area contributed by atoms with Crippen molar-refractivity contribution < 1.29 is 9.53 Å². The molecule has 0 radical (unpaired) electrons. The molecule has 32 heavy (non-hydrogen) atoms. The van der Waals surface area contributed by atoms with E-state index in [1.807, 2.05) is 6.92 Å². The van der Waals surface area contributed by atoms with Gasteiger partial charge in [-0.3, -0.25) is 0 Å². The Bertz CT molecular complexity index is 1070. The van der Waals surface area contributed by atoms with Crippen LogP contribution in [0.1, 0.15) is 48.7 Å². The summed E-state index contributed by atoms with van der Waals surface area (Å²) in [5, 5.41) is 6.81. The van der Waals surface area contributed by atoms with Gasteiger partial charge < -0.3 is 15.4 Å². The van der Waals surface area contributed by atoms with Gasteiger partial charge in [-0.2, -0.15) is 0 Å². The molecule has 0 saturated heterocycles. The van der Waals surface area contributed by atoms with E-state index >= 15 is 0 Å². The lowest BCUT2D eigenvalue weighted by molar-refractivity contribution is 0.0601. The van der Waals surface area contributed by atoms with Gasteiger partial charge in [0.25, 0.3) is 0 Å². The minimum Gasteiger partial charge on any atom is -0.465 e. The van der Waals surface area contributed by atoms with Crippen LogP contribution in [0.4, 0.5) is 11.4 Å². The number of anilines is 2. The molecule has 0 heterocycles. The van der Waals surface area contributed by atoms with Crippen LogP contribution >= 0.6 is 0 Å². The summed E-state index contributed by atoms with van der Waals surface area (Å²) in [5.41, 5.74) is 8.82. The molecule has 2 N–H and O–H groups in total. The maximum Gasteiger partial charge on any atom is 0.338 e. The zero-order valence-corrected chi connectivity index (χ0v) is 20.0. The first-order valence-corrected chi connectivity index (χ1v) is 11.3. The van der Waals surface area contributed by atoms with Crippen LogP contribution < -0.4 is 10.6 Å². The number of carbonyl (C=O) groups excluding carboxylic acids is 1. The number of aryl methyl sites for hydroxylation is 1. The summed E-state index contributed by atoms with van der Waals surface area (Å²) < 4.78 is 5.20. The standard InChI is InChI=1S/C28H34N2O2/c1-7-16-29-23-12-8-21(9-13-23)25-17-19(4)26(27(20(25)5)28(31)32-6)22-10-14-24(15-11-22)30-18(2)3/h8-15,17-18,29-30H,7,16H2,1-6H3. The molecule has 0 aliphatic carbocycles. The molecule has 4 heteroatoms. The van der Waals surface area contributed by atoms with E-state index in [4.69, 9.17) is 4.74 Å². The van der Waals surface area contributed by atoms with E-state index in [0.29, 0.717) is 11.6 Å². The van der Waals surface area contributed by atoms with Crippen molar-refractivity contribution in [3.8, 4) is 22.3 Å². The monoisotopic (exact) mass is 430 g/mol. The van der Waals surface area contributed by atoms with E-state index in [2.05, 4.69) is 92.9 Å². The molecule has 168 valence electrons. The van der Waals surface area contributed by atoms with E-state index < -0.39 is 0 Å². The number of hydrogen-bond acceptors (Lipinski definition) is 4. The van der Waals surface area contributed by atoms with Crippen molar-refractivity contribution in [2.45, 2.75) is 47.1 Å². The zero-order valence-electron chi connectivity index (χ0n) is 20.0. The number of rotatable bonds is 8. The summed E-state index contributed by atoms with van der Waals surface area (Å²) in [4.78, 5) is 12.9. The first kappa shape index (κ1) is 23.4. The predicted octanol–water partition coefficient (Wildman–Crippen LogP) is 7.07. The Hall–Kier alpha value is -3.27. The van der Waals surface area contributed by atoms with Crippen molar-refractivity contribution in [3.05, 3.63) is 71.3 Å². The smallest absolute Gasteiger partial charge is 0.338 e. The summed E-state index contributed by atoms with van der Waals surface area (Å²) in [6.45, 7) is 11.4. The number of esters is 1. The van der Waals surface area contributed by atoms with Crippen LogP contribution in [-0.2, 0) is 4.74 Å². The minimum atomic E-state index is -0.312. The summed E-state index contributed by atoms with van der Waals surface area (Å²) in [5.74, 6) is -0.312. The van der Waals surface area contributed by atoms with Gasteiger partial charge in [-0.05, 0) is 91.8 Å². The highest BCUT2D eigenvalue weighted by atomic mass is 16.5. The van der Waals surface area contributed by atoms with Crippen LogP contribution in [0.25, 0.3) is 22.3 Å². The fourth-order valence-corrected chi connectivity index (χ4v) is 4.05. The first-order chi connectivity index (χ1) is 15.3. The SMILES string of the molecule is CCCNc1ccc(-c2cc(C)c(-c3ccc(NC(C)C)cc3)c(C(=O)OC)c2C)cc1. The molecule has 0 spiro atoms.